The lowest BCUT2D eigenvalue weighted by Crippen LogP contribution is -2.42. The van der Waals surface area contributed by atoms with Gasteiger partial charge >= 0.3 is 0 Å². The number of nitrogens with zero attached hydrogens (tertiary/aromatic N) is 3. The zero-order valence-electron chi connectivity index (χ0n) is 13.9. The second-order valence-corrected chi connectivity index (χ2v) is 6.97. The molecule has 0 unspecified atom stereocenters. The normalized spacial score (nSPS) is 21.2. The first-order valence-electron chi connectivity index (χ1n) is 8.82. The van der Waals surface area contributed by atoms with Crippen LogP contribution in [0.25, 0.3) is 0 Å². The van der Waals surface area contributed by atoms with Crippen LogP contribution < -0.4 is 5.32 Å². The Morgan fingerprint density at radius 1 is 1.38 bits per heavy atom. The van der Waals surface area contributed by atoms with Crippen molar-refractivity contribution in [2.75, 3.05) is 13.1 Å². The molecule has 1 saturated carbocycles. The van der Waals surface area contributed by atoms with Crippen LogP contribution in [-0.4, -0.2) is 33.7 Å². The van der Waals surface area contributed by atoms with E-state index >= 15 is 0 Å². The highest BCUT2D eigenvalue weighted by atomic mass is 16.3. The van der Waals surface area contributed by atoms with Gasteiger partial charge in [0.1, 0.15) is 5.76 Å². The van der Waals surface area contributed by atoms with Gasteiger partial charge in [0.15, 0.2) is 0 Å². The van der Waals surface area contributed by atoms with E-state index < -0.39 is 0 Å². The summed E-state index contributed by atoms with van der Waals surface area (Å²) in [5, 5.41) is 7.38. The van der Waals surface area contributed by atoms with Gasteiger partial charge in [-0.2, -0.15) is 5.10 Å². The molecule has 2 aromatic rings. The largest absolute Gasteiger partial charge is 0.467 e. The van der Waals surface area contributed by atoms with Crippen molar-refractivity contribution in [3.8, 4) is 0 Å². The van der Waals surface area contributed by atoms with Gasteiger partial charge in [0.25, 0.3) is 0 Å². The van der Waals surface area contributed by atoms with Crippen LogP contribution in [0.5, 0.6) is 0 Å². The molecule has 2 aromatic heterocycles. The molecule has 1 amide bonds. The number of carbonyl (C=O) groups excluding carboxylic acids is 1. The Bertz CT molecular complexity index is 675. The van der Waals surface area contributed by atoms with Crippen molar-refractivity contribution in [3.05, 3.63) is 42.1 Å². The molecule has 1 aliphatic heterocycles. The first-order chi connectivity index (χ1) is 11.8. The molecular weight excluding hydrogens is 304 g/mol. The fourth-order valence-electron chi connectivity index (χ4n) is 3.68. The summed E-state index contributed by atoms with van der Waals surface area (Å²) in [7, 11) is 0. The van der Waals surface area contributed by atoms with E-state index in [4.69, 9.17) is 4.42 Å². The number of hydrogen-bond donors (Lipinski definition) is 1. The minimum absolute atomic E-state index is 0.0448. The lowest BCUT2D eigenvalue weighted by molar-refractivity contribution is -0.122. The molecule has 0 aromatic carbocycles. The van der Waals surface area contributed by atoms with Crippen LogP contribution in [0.1, 0.15) is 43.2 Å². The number of furan rings is 1. The predicted molar refractivity (Wildman–Crippen MR) is 89.1 cm³/mol. The Hall–Kier alpha value is -2.08. The average Bonchev–Trinajstić information content (AvgIpc) is 3.20. The zero-order chi connectivity index (χ0) is 16.4. The standard InChI is InChI=1S/C18H24N4O2/c23-18(19-10-17-5-2-8-24-17)9-16-13-21(11-14-3-1-4-14)12-15-6-7-20-22(15)16/h2,5-8,14,16H,1,3-4,9-13H2,(H,19,23)/t16-/m0/s1. The van der Waals surface area contributed by atoms with Crippen molar-refractivity contribution in [1.29, 1.82) is 0 Å². The van der Waals surface area contributed by atoms with Crippen molar-refractivity contribution in [1.82, 2.24) is 20.0 Å². The number of nitrogens with one attached hydrogen (secondary N) is 1. The Kier molecular flexibility index (Phi) is 4.38. The second-order valence-electron chi connectivity index (χ2n) is 6.97. The van der Waals surface area contributed by atoms with E-state index in [1.54, 1.807) is 6.26 Å². The predicted octanol–water partition coefficient (Wildman–Crippen LogP) is 2.34. The Labute approximate surface area is 141 Å². The van der Waals surface area contributed by atoms with E-state index in [-0.39, 0.29) is 11.9 Å². The van der Waals surface area contributed by atoms with E-state index in [9.17, 15) is 4.79 Å². The summed E-state index contributed by atoms with van der Waals surface area (Å²) in [5.41, 5.74) is 1.21. The topological polar surface area (TPSA) is 63.3 Å². The van der Waals surface area contributed by atoms with Gasteiger partial charge in [0.2, 0.25) is 5.91 Å². The maximum absolute atomic E-state index is 12.3. The molecule has 1 fully saturated rings. The quantitative estimate of drug-likeness (QED) is 0.884. The molecule has 6 nitrogen and oxygen atoms in total. The number of carbonyl (C=O) groups is 1. The van der Waals surface area contributed by atoms with Crippen LogP contribution in [0.4, 0.5) is 0 Å². The molecule has 0 saturated heterocycles. The Morgan fingerprint density at radius 3 is 3.04 bits per heavy atom. The fourth-order valence-corrected chi connectivity index (χ4v) is 3.68. The van der Waals surface area contributed by atoms with E-state index in [1.165, 1.54) is 25.0 Å². The maximum atomic E-state index is 12.3. The summed E-state index contributed by atoms with van der Waals surface area (Å²) in [6.07, 6.45) is 7.99. The van der Waals surface area contributed by atoms with Crippen molar-refractivity contribution in [2.24, 2.45) is 5.92 Å². The second kappa shape index (κ2) is 6.81. The van der Waals surface area contributed by atoms with E-state index in [1.807, 2.05) is 23.0 Å². The third-order valence-corrected chi connectivity index (χ3v) is 5.15. The molecule has 1 atom stereocenters. The van der Waals surface area contributed by atoms with Gasteiger partial charge < -0.3 is 9.73 Å². The molecule has 0 spiro atoms. The molecule has 1 N–H and O–H groups in total. The summed E-state index contributed by atoms with van der Waals surface area (Å²) in [4.78, 5) is 14.8. The molecule has 24 heavy (non-hydrogen) atoms. The zero-order valence-corrected chi connectivity index (χ0v) is 13.9. The van der Waals surface area contributed by atoms with Crippen molar-refractivity contribution in [3.63, 3.8) is 0 Å². The average molecular weight is 328 g/mol. The van der Waals surface area contributed by atoms with Crippen LogP contribution in [0.2, 0.25) is 0 Å². The number of fused-ring (bicyclic) bond motifs is 1. The minimum atomic E-state index is 0.0448. The smallest absolute Gasteiger partial charge is 0.222 e. The van der Waals surface area contributed by atoms with Gasteiger partial charge in [-0.15, -0.1) is 0 Å². The molecule has 1 aliphatic carbocycles. The van der Waals surface area contributed by atoms with Crippen molar-refractivity contribution < 1.29 is 9.21 Å². The summed E-state index contributed by atoms with van der Waals surface area (Å²) in [6.45, 7) is 3.44. The van der Waals surface area contributed by atoms with E-state index in [0.29, 0.717) is 13.0 Å². The first kappa shape index (κ1) is 15.4. The summed E-state index contributed by atoms with van der Waals surface area (Å²) >= 11 is 0. The van der Waals surface area contributed by atoms with E-state index in [2.05, 4.69) is 21.4 Å². The molecule has 2 aliphatic rings. The SMILES string of the molecule is O=C(C[C@H]1CN(CC2CCC2)Cc2ccnn21)NCc1ccco1. The van der Waals surface area contributed by atoms with Gasteiger partial charge in [-0.1, -0.05) is 6.42 Å². The number of amides is 1. The third kappa shape index (κ3) is 3.38. The molecule has 4 rings (SSSR count). The van der Waals surface area contributed by atoms with Gasteiger partial charge in [-0.05, 0) is 37.0 Å². The summed E-state index contributed by atoms with van der Waals surface area (Å²) in [5.74, 6) is 1.66. The van der Waals surface area contributed by atoms with Crippen molar-refractivity contribution in [2.45, 2.75) is 44.8 Å². The minimum Gasteiger partial charge on any atom is -0.467 e. The molecule has 0 radical (unpaired) electrons. The van der Waals surface area contributed by atoms with Crippen LogP contribution in [0.3, 0.4) is 0 Å². The van der Waals surface area contributed by atoms with E-state index in [0.717, 1.165) is 31.3 Å². The van der Waals surface area contributed by atoms with Gasteiger partial charge in [0, 0.05) is 25.8 Å². The Balaban J connectivity index is 1.36. The van der Waals surface area contributed by atoms with Gasteiger partial charge in [-0.3, -0.25) is 14.4 Å². The summed E-state index contributed by atoms with van der Waals surface area (Å²) in [6, 6.07) is 5.88. The van der Waals surface area contributed by atoms with Crippen LogP contribution in [0, 0.1) is 5.92 Å². The summed E-state index contributed by atoms with van der Waals surface area (Å²) < 4.78 is 7.29. The number of aromatic nitrogens is 2. The van der Waals surface area contributed by atoms with Crippen LogP contribution >= 0.6 is 0 Å². The highest BCUT2D eigenvalue weighted by molar-refractivity contribution is 5.76. The third-order valence-electron chi connectivity index (χ3n) is 5.15. The molecule has 6 heteroatoms. The lowest BCUT2D eigenvalue weighted by atomic mass is 9.85. The molecule has 0 bridgehead atoms. The first-order valence-corrected chi connectivity index (χ1v) is 8.82. The highest BCUT2D eigenvalue weighted by Crippen LogP contribution is 2.30. The fraction of sp³-hybridized carbons (Fsp3) is 0.556. The van der Waals surface area contributed by atoms with Gasteiger partial charge in [0.05, 0.1) is 31.0 Å². The maximum Gasteiger partial charge on any atom is 0.222 e. The monoisotopic (exact) mass is 328 g/mol. The number of rotatable bonds is 6. The molecule has 128 valence electrons. The van der Waals surface area contributed by atoms with Crippen molar-refractivity contribution >= 4 is 5.91 Å². The van der Waals surface area contributed by atoms with Gasteiger partial charge in [-0.25, -0.2) is 0 Å². The molecular formula is C18H24N4O2. The highest BCUT2D eigenvalue weighted by Gasteiger charge is 2.30. The number of hydrogen-bond acceptors (Lipinski definition) is 4. The molecule has 3 heterocycles. The Morgan fingerprint density at radius 2 is 2.29 bits per heavy atom. The van der Waals surface area contributed by atoms with Crippen LogP contribution in [0.15, 0.2) is 35.1 Å². The lowest BCUT2D eigenvalue weighted by Gasteiger charge is -2.38. The van der Waals surface area contributed by atoms with Crippen LogP contribution in [-0.2, 0) is 17.9 Å².